The van der Waals surface area contributed by atoms with Crippen molar-refractivity contribution in [1.29, 1.82) is 0 Å². The Kier molecular flexibility index (Phi) is 3.73. The van der Waals surface area contributed by atoms with Crippen molar-refractivity contribution in [2.75, 3.05) is 0 Å². The molecule has 0 radical (unpaired) electrons. The van der Waals surface area contributed by atoms with Crippen LogP contribution in [0.25, 0.3) is 6.08 Å². The third-order valence-corrected chi connectivity index (χ3v) is 2.91. The molecule has 0 aliphatic heterocycles. The predicted octanol–water partition coefficient (Wildman–Crippen LogP) is 4.20. The van der Waals surface area contributed by atoms with E-state index < -0.39 is 0 Å². The zero-order chi connectivity index (χ0) is 13.0. The van der Waals surface area contributed by atoms with Gasteiger partial charge < -0.3 is 0 Å². The molecule has 90 valence electrons. The van der Waals surface area contributed by atoms with E-state index in [1.807, 2.05) is 68.5 Å². The SMILES string of the molecule is Cc1cccc(C(=O)/C=C/c2ccccc2C)c1. The van der Waals surface area contributed by atoms with Gasteiger partial charge in [-0.05, 0) is 37.1 Å². The van der Waals surface area contributed by atoms with Crippen molar-refractivity contribution in [2.24, 2.45) is 0 Å². The second-order valence-corrected chi connectivity index (χ2v) is 4.42. The highest BCUT2D eigenvalue weighted by Gasteiger charge is 2.01. The first kappa shape index (κ1) is 12.3. The normalized spacial score (nSPS) is 10.8. The monoisotopic (exact) mass is 236 g/mol. The highest BCUT2D eigenvalue weighted by Crippen LogP contribution is 2.11. The first-order valence-corrected chi connectivity index (χ1v) is 6.01. The van der Waals surface area contributed by atoms with Crippen molar-refractivity contribution in [3.05, 3.63) is 76.9 Å². The van der Waals surface area contributed by atoms with Crippen LogP contribution in [0.4, 0.5) is 0 Å². The van der Waals surface area contributed by atoms with Crippen molar-refractivity contribution in [2.45, 2.75) is 13.8 Å². The fourth-order valence-corrected chi connectivity index (χ4v) is 1.83. The summed E-state index contributed by atoms with van der Waals surface area (Å²) < 4.78 is 0. The summed E-state index contributed by atoms with van der Waals surface area (Å²) in [6, 6.07) is 15.7. The van der Waals surface area contributed by atoms with Gasteiger partial charge in [-0.15, -0.1) is 0 Å². The van der Waals surface area contributed by atoms with Crippen LogP contribution in [0, 0.1) is 13.8 Å². The molecular weight excluding hydrogens is 220 g/mol. The minimum atomic E-state index is 0.0435. The van der Waals surface area contributed by atoms with Gasteiger partial charge in [0.15, 0.2) is 5.78 Å². The lowest BCUT2D eigenvalue weighted by molar-refractivity contribution is 0.104. The third-order valence-electron chi connectivity index (χ3n) is 2.91. The Labute approximate surface area is 108 Å². The van der Waals surface area contributed by atoms with Crippen molar-refractivity contribution in [1.82, 2.24) is 0 Å². The van der Waals surface area contributed by atoms with Crippen LogP contribution in [0.5, 0.6) is 0 Å². The Balaban J connectivity index is 2.20. The van der Waals surface area contributed by atoms with Crippen LogP contribution in [0.2, 0.25) is 0 Å². The largest absolute Gasteiger partial charge is 0.289 e. The van der Waals surface area contributed by atoms with Gasteiger partial charge in [-0.25, -0.2) is 0 Å². The standard InChI is InChI=1S/C17H16O/c1-13-6-5-9-16(12-13)17(18)11-10-15-8-4-3-7-14(15)2/h3-12H,1-2H3/b11-10+. The molecule has 2 rings (SSSR count). The lowest BCUT2D eigenvalue weighted by Gasteiger charge is -1.99. The topological polar surface area (TPSA) is 17.1 Å². The molecule has 0 aliphatic carbocycles. The summed E-state index contributed by atoms with van der Waals surface area (Å²) >= 11 is 0. The Morgan fingerprint density at radius 3 is 2.50 bits per heavy atom. The van der Waals surface area contributed by atoms with Gasteiger partial charge in [0.25, 0.3) is 0 Å². The van der Waals surface area contributed by atoms with E-state index in [4.69, 9.17) is 0 Å². The maximum absolute atomic E-state index is 12.0. The molecule has 0 spiro atoms. The Morgan fingerprint density at radius 1 is 1.00 bits per heavy atom. The van der Waals surface area contributed by atoms with Gasteiger partial charge in [-0.3, -0.25) is 4.79 Å². The molecule has 18 heavy (non-hydrogen) atoms. The highest BCUT2D eigenvalue weighted by atomic mass is 16.1. The van der Waals surface area contributed by atoms with Crippen molar-refractivity contribution < 1.29 is 4.79 Å². The van der Waals surface area contributed by atoms with Crippen LogP contribution in [0.15, 0.2) is 54.6 Å². The zero-order valence-electron chi connectivity index (χ0n) is 10.7. The van der Waals surface area contributed by atoms with Gasteiger partial charge >= 0.3 is 0 Å². The highest BCUT2D eigenvalue weighted by molar-refractivity contribution is 6.06. The number of carbonyl (C=O) groups excluding carboxylic acids is 1. The molecule has 0 bridgehead atoms. The van der Waals surface area contributed by atoms with Gasteiger partial charge in [-0.2, -0.15) is 0 Å². The average molecular weight is 236 g/mol. The van der Waals surface area contributed by atoms with E-state index in [0.29, 0.717) is 0 Å². The number of hydrogen-bond donors (Lipinski definition) is 0. The van der Waals surface area contributed by atoms with E-state index in [9.17, 15) is 4.79 Å². The maximum Gasteiger partial charge on any atom is 0.185 e. The molecule has 0 aliphatic rings. The molecule has 0 saturated heterocycles. The third kappa shape index (κ3) is 2.95. The smallest absolute Gasteiger partial charge is 0.185 e. The Morgan fingerprint density at radius 2 is 1.78 bits per heavy atom. The molecule has 0 saturated carbocycles. The molecule has 2 aromatic rings. The van der Waals surface area contributed by atoms with Gasteiger partial charge in [0.1, 0.15) is 0 Å². The van der Waals surface area contributed by atoms with E-state index in [2.05, 4.69) is 0 Å². The molecule has 0 atom stereocenters. The molecule has 0 heterocycles. The molecule has 0 amide bonds. The molecule has 0 unspecified atom stereocenters. The van der Waals surface area contributed by atoms with E-state index in [1.165, 1.54) is 5.56 Å². The Bertz CT molecular complexity index is 594. The van der Waals surface area contributed by atoms with Gasteiger partial charge in [0.2, 0.25) is 0 Å². The summed E-state index contributed by atoms with van der Waals surface area (Å²) in [7, 11) is 0. The number of aryl methyl sites for hydroxylation is 2. The first-order valence-electron chi connectivity index (χ1n) is 6.01. The quantitative estimate of drug-likeness (QED) is 0.576. The molecule has 0 fully saturated rings. The fourth-order valence-electron chi connectivity index (χ4n) is 1.83. The molecule has 1 heteroatoms. The van der Waals surface area contributed by atoms with Crippen LogP contribution >= 0.6 is 0 Å². The fraction of sp³-hybridized carbons (Fsp3) is 0.118. The number of benzene rings is 2. The summed E-state index contributed by atoms with van der Waals surface area (Å²) in [5.41, 5.74) is 4.09. The summed E-state index contributed by atoms with van der Waals surface area (Å²) in [6.45, 7) is 4.03. The zero-order valence-corrected chi connectivity index (χ0v) is 10.7. The van der Waals surface area contributed by atoms with Gasteiger partial charge in [0.05, 0.1) is 0 Å². The minimum Gasteiger partial charge on any atom is -0.289 e. The van der Waals surface area contributed by atoms with E-state index in [-0.39, 0.29) is 5.78 Å². The second kappa shape index (κ2) is 5.46. The molecule has 0 aromatic heterocycles. The van der Waals surface area contributed by atoms with E-state index in [0.717, 1.165) is 16.7 Å². The van der Waals surface area contributed by atoms with E-state index >= 15 is 0 Å². The molecule has 0 N–H and O–H groups in total. The van der Waals surface area contributed by atoms with Crippen LogP contribution in [0.1, 0.15) is 27.0 Å². The van der Waals surface area contributed by atoms with Crippen molar-refractivity contribution in [3.8, 4) is 0 Å². The van der Waals surface area contributed by atoms with Gasteiger partial charge in [0, 0.05) is 5.56 Å². The van der Waals surface area contributed by atoms with Crippen LogP contribution < -0.4 is 0 Å². The maximum atomic E-state index is 12.0. The number of carbonyl (C=O) groups is 1. The summed E-state index contributed by atoms with van der Waals surface area (Å²) in [5.74, 6) is 0.0435. The number of hydrogen-bond acceptors (Lipinski definition) is 1. The lowest BCUT2D eigenvalue weighted by Crippen LogP contribution is -1.94. The summed E-state index contributed by atoms with van der Waals surface area (Å²) in [4.78, 5) is 12.0. The Hall–Kier alpha value is -2.15. The first-order chi connectivity index (χ1) is 8.66. The van der Waals surface area contributed by atoms with Crippen LogP contribution in [-0.4, -0.2) is 5.78 Å². The minimum absolute atomic E-state index is 0.0435. The average Bonchev–Trinajstić information content (AvgIpc) is 2.37. The van der Waals surface area contributed by atoms with Crippen LogP contribution in [0.3, 0.4) is 0 Å². The summed E-state index contributed by atoms with van der Waals surface area (Å²) in [5, 5.41) is 0. The summed E-state index contributed by atoms with van der Waals surface area (Å²) in [6.07, 6.45) is 3.51. The predicted molar refractivity (Wildman–Crippen MR) is 75.7 cm³/mol. The molecule has 1 nitrogen and oxygen atoms in total. The second-order valence-electron chi connectivity index (χ2n) is 4.42. The van der Waals surface area contributed by atoms with E-state index in [1.54, 1.807) is 6.08 Å². The van der Waals surface area contributed by atoms with Gasteiger partial charge in [-0.1, -0.05) is 54.1 Å². The molecule has 2 aromatic carbocycles. The number of rotatable bonds is 3. The number of allylic oxidation sites excluding steroid dienone is 1. The van der Waals surface area contributed by atoms with Crippen molar-refractivity contribution >= 4 is 11.9 Å². The van der Waals surface area contributed by atoms with Crippen LogP contribution in [-0.2, 0) is 0 Å². The number of ketones is 1. The lowest BCUT2D eigenvalue weighted by atomic mass is 10.0. The van der Waals surface area contributed by atoms with Crippen molar-refractivity contribution in [3.63, 3.8) is 0 Å². The molecular formula is C17H16O.